The molecule has 106 valence electrons. The molecule has 0 spiro atoms. The predicted molar refractivity (Wildman–Crippen MR) is 74.1 cm³/mol. The Morgan fingerprint density at radius 3 is 2.84 bits per heavy atom. The fourth-order valence-electron chi connectivity index (χ4n) is 2.64. The van der Waals surface area contributed by atoms with Gasteiger partial charge in [0.2, 0.25) is 10.0 Å². The van der Waals surface area contributed by atoms with Crippen molar-refractivity contribution in [2.45, 2.75) is 50.2 Å². The van der Waals surface area contributed by atoms with Crippen LogP contribution >= 0.6 is 0 Å². The van der Waals surface area contributed by atoms with Crippen LogP contribution in [0.25, 0.3) is 0 Å². The van der Waals surface area contributed by atoms with Crippen LogP contribution in [-0.4, -0.2) is 19.6 Å². The number of nitrogens with one attached hydrogen (secondary N) is 1. The average Bonchev–Trinajstić information content (AvgIpc) is 2.38. The molecule has 0 aromatic heterocycles. The van der Waals surface area contributed by atoms with Gasteiger partial charge < -0.3 is 5.11 Å². The number of rotatable bonds is 4. The Morgan fingerprint density at radius 2 is 2.16 bits per heavy atom. The number of hydrogen-bond donors (Lipinski definition) is 2. The van der Waals surface area contributed by atoms with E-state index in [4.69, 9.17) is 5.11 Å². The average molecular weight is 283 g/mol. The normalized spacial score (nSPS) is 24.3. The zero-order valence-electron chi connectivity index (χ0n) is 11.2. The number of hydrogen-bond acceptors (Lipinski definition) is 3. The van der Waals surface area contributed by atoms with Gasteiger partial charge in [-0.3, -0.25) is 0 Å². The molecule has 1 aromatic carbocycles. The minimum Gasteiger partial charge on any atom is -0.392 e. The van der Waals surface area contributed by atoms with E-state index in [1.165, 1.54) is 12.5 Å². The fraction of sp³-hybridized carbons (Fsp3) is 0.571. The molecule has 0 saturated heterocycles. The smallest absolute Gasteiger partial charge is 0.240 e. The maximum absolute atomic E-state index is 12.3. The third kappa shape index (κ3) is 3.78. The van der Waals surface area contributed by atoms with Gasteiger partial charge in [-0.2, -0.15) is 0 Å². The van der Waals surface area contributed by atoms with Crippen LogP contribution < -0.4 is 4.72 Å². The second kappa shape index (κ2) is 6.03. The lowest BCUT2D eigenvalue weighted by Crippen LogP contribution is -2.37. The van der Waals surface area contributed by atoms with Gasteiger partial charge in [-0.15, -0.1) is 0 Å². The summed E-state index contributed by atoms with van der Waals surface area (Å²) in [5.74, 6) is 0.574. The van der Waals surface area contributed by atoms with E-state index in [0.717, 1.165) is 19.3 Å². The van der Waals surface area contributed by atoms with Crippen molar-refractivity contribution in [3.8, 4) is 0 Å². The molecule has 2 rings (SSSR count). The third-order valence-electron chi connectivity index (χ3n) is 3.65. The summed E-state index contributed by atoms with van der Waals surface area (Å²) in [5.41, 5.74) is 0.611. The van der Waals surface area contributed by atoms with Crippen LogP contribution in [0.15, 0.2) is 29.2 Å². The van der Waals surface area contributed by atoms with E-state index < -0.39 is 10.0 Å². The van der Waals surface area contributed by atoms with Gasteiger partial charge in [-0.25, -0.2) is 13.1 Å². The molecule has 0 bridgehead atoms. The molecule has 2 atom stereocenters. The molecule has 4 nitrogen and oxygen atoms in total. The molecule has 2 N–H and O–H groups in total. The summed E-state index contributed by atoms with van der Waals surface area (Å²) in [4.78, 5) is 0.234. The van der Waals surface area contributed by atoms with Gasteiger partial charge in [0.1, 0.15) is 0 Å². The lowest BCUT2D eigenvalue weighted by Gasteiger charge is -2.27. The largest absolute Gasteiger partial charge is 0.392 e. The monoisotopic (exact) mass is 283 g/mol. The highest BCUT2D eigenvalue weighted by atomic mass is 32.2. The minimum atomic E-state index is -3.48. The molecule has 5 heteroatoms. The van der Waals surface area contributed by atoms with Crippen molar-refractivity contribution in [1.29, 1.82) is 0 Å². The van der Waals surface area contributed by atoms with E-state index in [2.05, 4.69) is 11.6 Å². The summed E-state index contributed by atoms with van der Waals surface area (Å²) in [6, 6.07) is 6.49. The molecule has 1 aliphatic rings. The van der Waals surface area contributed by atoms with Gasteiger partial charge in [-0.05, 0) is 36.5 Å². The van der Waals surface area contributed by atoms with Gasteiger partial charge in [0.25, 0.3) is 0 Å². The highest BCUT2D eigenvalue weighted by molar-refractivity contribution is 7.89. The van der Waals surface area contributed by atoms with Crippen molar-refractivity contribution in [2.24, 2.45) is 5.92 Å². The summed E-state index contributed by atoms with van der Waals surface area (Å²) in [6.45, 7) is 2.01. The first-order chi connectivity index (χ1) is 9.01. The first-order valence-electron chi connectivity index (χ1n) is 6.73. The Morgan fingerprint density at radius 1 is 1.37 bits per heavy atom. The first kappa shape index (κ1) is 14.5. The highest BCUT2D eigenvalue weighted by Crippen LogP contribution is 2.25. The lowest BCUT2D eigenvalue weighted by molar-refractivity contribution is 0.281. The van der Waals surface area contributed by atoms with E-state index in [9.17, 15) is 8.42 Å². The summed E-state index contributed by atoms with van der Waals surface area (Å²) in [5, 5.41) is 9.07. The standard InChI is InChI=1S/C14H21NO3S/c1-11-4-2-6-13(8-11)15-19(17,18)14-7-3-5-12(9-14)10-16/h3,5,7,9,11,13,15-16H,2,4,6,8,10H2,1H3. The second-order valence-corrected chi connectivity index (χ2v) is 7.11. The predicted octanol–water partition coefficient (Wildman–Crippen LogP) is 2.04. The molecule has 19 heavy (non-hydrogen) atoms. The highest BCUT2D eigenvalue weighted by Gasteiger charge is 2.24. The van der Waals surface area contributed by atoms with Crippen LogP contribution in [0.5, 0.6) is 0 Å². The molecule has 1 aromatic rings. The number of aliphatic hydroxyl groups is 1. The Labute approximate surface area is 114 Å². The van der Waals surface area contributed by atoms with Crippen molar-refractivity contribution in [3.05, 3.63) is 29.8 Å². The van der Waals surface area contributed by atoms with Gasteiger partial charge in [-0.1, -0.05) is 31.9 Å². The fourth-order valence-corrected chi connectivity index (χ4v) is 3.99. The third-order valence-corrected chi connectivity index (χ3v) is 5.17. The maximum atomic E-state index is 12.3. The van der Waals surface area contributed by atoms with Crippen LogP contribution in [0.2, 0.25) is 0 Å². The van der Waals surface area contributed by atoms with Crippen LogP contribution in [0.1, 0.15) is 38.2 Å². The van der Waals surface area contributed by atoms with Gasteiger partial charge >= 0.3 is 0 Å². The van der Waals surface area contributed by atoms with Crippen LogP contribution in [0.3, 0.4) is 0 Å². The summed E-state index contributed by atoms with van der Waals surface area (Å²) < 4.78 is 27.3. The summed E-state index contributed by atoms with van der Waals surface area (Å²) >= 11 is 0. The van der Waals surface area contributed by atoms with Crippen LogP contribution in [0.4, 0.5) is 0 Å². The molecule has 0 radical (unpaired) electrons. The Hall–Kier alpha value is -0.910. The summed E-state index contributed by atoms with van der Waals surface area (Å²) in [6.07, 6.45) is 4.06. The lowest BCUT2D eigenvalue weighted by atomic mass is 9.88. The van der Waals surface area contributed by atoms with Crippen molar-refractivity contribution < 1.29 is 13.5 Å². The van der Waals surface area contributed by atoms with Gasteiger partial charge in [0, 0.05) is 6.04 Å². The zero-order chi connectivity index (χ0) is 13.9. The molecular weight excluding hydrogens is 262 g/mol. The molecule has 1 saturated carbocycles. The number of sulfonamides is 1. The Balaban J connectivity index is 2.13. The maximum Gasteiger partial charge on any atom is 0.240 e. The molecule has 0 amide bonds. The molecule has 2 unspecified atom stereocenters. The first-order valence-corrected chi connectivity index (χ1v) is 8.21. The van der Waals surface area contributed by atoms with E-state index in [-0.39, 0.29) is 17.5 Å². The Bertz CT molecular complexity index is 527. The minimum absolute atomic E-state index is 0.0338. The summed E-state index contributed by atoms with van der Waals surface area (Å²) in [7, 11) is -3.48. The molecule has 1 aliphatic carbocycles. The SMILES string of the molecule is CC1CCCC(NS(=O)(=O)c2cccc(CO)c2)C1. The quantitative estimate of drug-likeness (QED) is 0.888. The van der Waals surface area contributed by atoms with E-state index in [1.54, 1.807) is 18.2 Å². The van der Waals surface area contributed by atoms with E-state index in [0.29, 0.717) is 11.5 Å². The number of benzene rings is 1. The molecule has 0 heterocycles. The molecule has 1 fully saturated rings. The number of aliphatic hydroxyl groups excluding tert-OH is 1. The topological polar surface area (TPSA) is 66.4 Å². The Kier molecular flexibility index (Phi) is 4.60. The van der Waals surface area contributed by atoms with E-state index in [1.807, 2.05) is 0 Å². The van der Waals surface area contributed by atoms with Crippen molar-refractivity contribution in [3.63, 3.8) is 0 Å². The van der Waals surface area contributed by atoms with Crippen molar-refractivity contribution in [1.82, 2.24) is 4.72 Å². The van der Waals surface area contributed by atoms with Crippen molar-refractivity contribution in [2.75, 3.05) is 0 Å². The second-order valence-electron chi connectivity index (χ2n) is 5.40. The van der Waals surface area contributed by atoms with Crippen LogP contribution in [-0.2, 0) is 16.6 Å². The molecule has 0 aliphatic heterocycles. The van der Waals surface area contributed by atoms with Gasteiger partial charge in [0.05, 0.1) is 11.5 Å². The van der Waals surface area contributed by atoms with Crippen molar-refractivity contribution >= 4 is 10.0 Å². The zero-order valence-corrected chi connectivity index (χ0v) is 12.0. The van der Waals surface area contributed by atoms with Gasteiger partial charge in [0.15, 0.2) is 0 Å². The van der Waals surface area contributed by atoms with Crippen LogP contribution in [0, 0.1) is 5.92 Å². The van der Waals surface area contributed by atoms with E-state index >= 15 is 0 Å². The molecular formula is C14H21NO3S.